The van der Waals surface area contributed by atoms with Gasteiger partial charge < -0.3 is 14.8 Å². The number of ether oxygens (including phenoxy) is 2. The van der Waals surface area contributed by atoms with Crippen LogP contribution in [0.4, 0.5) is 13.2 Å². The quantitative estimate of drug-likeness (QED) is 0.915. The van der Waals surface area contributed by atoms with E-state index in [9.17, 15) is 13.2 Å². The van der Waals surface area contributed by atoms with Crippen molar-refractivity contribution < 1.29 is 22.6 Å². The van der Waals surface area contributed by atoms with E-state index in [0.717, 1.165) is 31.7 Å². The van der Waals surface area contributed by atoms with E-state index in [4.69, 9.17) is 0 Å². The van der Waals surface area contributed by atoms with Gasteiger partial charge in [-0.1, -0.05) is 6.07 Å². The maximum Gasteiger partial charge on any atom is 0.586 e. The monoisotopic (exact) mass is 338 g/mol. The summed E-state index contributed by atoms with van der Waals surface area (Å²) in [6.07, 6.45) is -3.29. The predicted octanol–water partition coefficient (Wildman–Crippen LogP) is 2.74. The SMILES string of the molecule is Cl.FCC[C@H](c1ccc2c(c1)OC(F)(F)O2)N1CCNCC1. The number of nitrogens with one attached hydrogen (secondary N) is 1. The summed E-state index contributed by atoms with van der Waals surface area (Å²) in [5, 5.41) is 3.24. The molecule has 4 nitrogen and oxygen atoms in total. The van der Waals surface area contributed by atoms with Crippen molar-refractivity contribution in [1.29, 1.82) is 0 Å². The Balaban J connectivity index is 0.00000176. The van der Waals surface area contributed by atoms with Gasteiger partial charge in [-0.25, -0.2) is 0 Å². The number of rotatable bonds is 4. The molecule has 1 aromatic carbocycles. The molecule has 2 heterocycles. The number of halogens is 4. The smallest absolute Gasteiger partial charge is 0.395 e. The molecule has 0 spiro atoms. The van der Waals surface area contributed by atoms with Gasteiger partial charge in [-0.05, 0) is 24.1 Å². The van der Waals surface area contributed by atoms with E-state index in [0.29, 0.717) is 6.42 Å². The average molecular weight is 339 g/mol. The van der Waals surface area contributed by atoms with E-state index in [-0.39, 0.29) is 29.9 Å². The maximum atomic E-state index is 13.0. The minimum atomic E-state index is -3.62. The molecule has 1 N–H and O–H groups in total. The molecule has 1 aromatic rings. The lowest BCUT2D eigenvalue weighted by molar-refractivity contribution is -0.286. The Morgan fingerprint density at radius 3 is 2.55 bits per heavy atom. The predicted molar refractivity (Wildman–Crippen MR) is 77.7 cm³/mol. The van der Waals surface area contributed by atoms with Crippen molar-refractivity contribution >= 4 is 12.4 Å². The maximum absolute atomic E-state index is 13.0. The van der Waals surface area contributed by atoms with Gasteiger partial charge in [0.15, 0.2) is 11.5 Å². The van der Waals surface area contributed by atoms with Crippen LogP contribution >= 0.6 is 12.4 Å². The van der Waals surface area contributed by atoms with E-state index in [1.54, 1.807) is 6.07 Å². The fourth-order valence-electron chi connectivity index (χ4n) is 2.83. The van der Waals surface area contributed by atoms with Crippen LogP contribution in [0.1, 0.15) is 18.0 Å². The highest BCUT2D eigenvalue weighted by Crippen LogP contribution is 2.42. The van der Waals surface area contributed by atoms with Gasteiger partial charge in [-0.15, -0.1) is 21.2 Å². The lowest BCUT2D eigenvalue weighted by atomic mass is 10.0. The van der Waals surface area contributed by atoms with Crippen LogP contribution in [0, 0.1) is 0 Å². The molecule has 2 aliphatic rings. The van der Waals surface area contributed by atoms with E-state index in [1.807, 2.05) is 0 Å². The van der Waals surface area contributed by atoms with Crippen LogP contribution in [-0.4, -0.2) is 44.0 Å². The average Bonchev–Trinajstić information content (AvgIpc) is 2.78. The Kier molecular flexibility index (Phi) is 5.41. The molecule has 22 heavy (non-hydrogen) atoms. The van der Waals surface area contributed by atoms with Gasteiger partial charge in [0.25, 0.3) is 0 Å². The third-order valence-electron chi connectivity index (χ3n) is 3.78. The summed E-state index contributed by atoms with van der Waals surface area (Å²) in [6.45, 7) is 2.82. The fraction of sp³-hybridized carbons (Fsp3) is 0.571. The van der Waals surface area contributed by atoms with Crippen LogP contribution in [0.3, 0.4) is 0 Å². The highest BCUT2D eigenvalue weighted by molar-refractivity contribution is 5.85. The van der Waals surface area contributed by atoms with Crippen molar-refractivity contribution in [3.8, 4) is 11.5 Å². The first-order valence-corrected chi connectivity index (χ1v) is 6.99. The van der Waals surface area contributed by atoms with Crippen molar-refractivity contribution in [2.75, 3.05) is 32.9 Å². The zero-order chi connectivity index (χ0) is 14.9. The summed E-state index contributed by atoms with van der Waals surface area (Å²) >= 11 is 0. The van der Waals surface area contributed by atoms with Gasteiger partial charge in [0.2, 0.25) is 0 Å². The van der Waals surface area contributed by atoms with Gasteiger partial charge in [-0.3, -0.25) is 9.29 Å². The van der Waals surface area contributed by atoms with Crippen molar-refractivity contribution in [3.63, 3.8) is 0 Å². The molecular formula is C14H18ClF3N2O2. The highest BCUT2D eigenvalue weighted by Gasteiger charge is 2.43. The number of benzene rings is 1. The third kappa shape index (κ3) is 3.59. The molecule has 1 fully saturated rings. The summed E-state index contributed by atoms with van der Waals surface area (Å²) in [7, 11) is 0. The topological polar surface area (TPSA) is 33.7 Å². The summed E-state index contributed by atoms with van der Waals surface area (Å²) in [4.78, 5) is 2.16. The summed E-state index contributed by atoms with van der Waals surface area (Å²) in [5.74, 6) is 0.0274. The molecule has 0 saturated carbocycles. The van der Waals surface area contributed by atoms with Crippen LogP contribution in [0.25, 0.3) is 0 Å². The number of alkyl halides is 3. The summed E-state index contributed by atoms with van der Waals surface area (Å²) in [6, 6.07) is 4.55. The molecule has 2 aliphatic heterocycles. The van der Waals surface area contributed by atoms with Crippen LogP contribution in [0.2, 0.25) is 0 Å². The molecule has 0 amide bonds. The molecule has 1 atom stereocenters. The molecule has 0 aliphatic carbocycles. The van der Waals surface area contributed by atoms with E-state index >= 15 is 0 Å². The first-order valence-electron chi connectivity index (χ1n) is 6.99. The number of piperazine rings is 1. The lowest BCUT2D eigenvalue weighted by Gasteiger charge is -2.34. The second-order valence-corrected chi connectivity index (χ2v) is 5.15. The molecule has 0 aromatic heterocycles. The van der Waals surface area contributed by atoms with Gasteiger partial charge >= 0.3 is 6.29 Å². The van der Waals surface area contributed by atoms with Gasteiger partial charge in [0, 0.05) is 32.2 Å². The minimum absolute atomic E-state index is 0. The Labute approximate surface area is 133 Å². The number of hydrogen-bond donors (Lipinski definition) is 1. The second-order valence-electron chi connectivity index (χ2n) is 5.15. The molecule has 0 unspecified atom stereocenters. The summed E-state index contributed by atoms with van der Waals surface area (Å²) in [5.41, 5.74) is 0.773. The standard InChI is InChI=1S/C14H17F3N2O2.ClH/c15-4-3-11(19-7-5-18-6-8-19)10-1-2-12-13(9-10)21-14(16,17)20-12;/h1-2,9,11,18H,3-8H2;1H/t11-;/m1./s1. The van der Waals surface area contributed by atoms with Crippen molar-refractivity contribution in [2.45, 2.75) is 18.8 Å². The molecular weight excluding hydrogens is 321 g/mol. The van der Waals surface area contributed by atoms with E-state index in [1.165, 1.54) is 12.1 Å². The van der Waals surface area contributed by atoms with Crippen molar-refractivity contribution in [3.05, 3.63) is 23.8 Å². The first-order chi connectivity index (χ1) is 10.1. The molecule has 8 heteroatoms. The Morgan fingerprint density at radius 1 is 1.18 bits per heavy atom. The Morgan fingerprint density at radius 2 is 1.86 bits per heavy atom. The van der Waals surface area contributed by atoms with E-state index < -0.39 is 13.0 Å². The lowest BCUT2D eigenvalue weighted by Crippen LogP contribution is -2.45. The highest BCUT2D eigenvalue weighted by atomic mass is 35.5. The van der Waals surface area contributed by atoms with Crippen LogP contribution in [0.5, 0.6) is 11.5 Å². The Hall–Kier alpha value is -1.18. The van der Waals surface area contributed by atoms with Gasteiger partial charge in [0.05, 0.1) is 6.67 Å². The third-order valence-corrected chi connectivity index (χ3v) is 3.78. The number of nitrogens with zero attached hydrogens (tertiary/aromatic N) is 1. The van der Waals surface area contributed by atoms with Gasteiger partial charge in [0.1, 0.15) is 0 Å². The van der Waals surface area contributed by atoms with Crippen LogP contribution in [0.15, 0.2) is 18.2 Å². The van der Waals surface area contributed by atoms with E-state index in [2.05, 4.69) is 19.7 Å². The first kappa shape index (κ1) is 17.2. The fourth-order valence-corrected chi connectivity index (χ4v) is 2.83. The zero-order valence-corrected chi connectivity index (χ0v) is 12.7. The molecule has 124 valence electrons. The largest absolute Gasteiger partial charge is 0.586 e. The molecule has 3 rings (SSSR count). The normalized spacial score (nSPS) is 21.2. The minimum Gasteiger partial charge on any atom is -0.395 e. The number of hydrogen-bond acceptors (Lipinski definition) is 4. The summed E-state index contributed by atoms with van der Waals surface area (Å²) < 4.78 is 47.8. The van der Waals surface area contributed by atoms with Crippen molar-refractivity contribution in [2.24, 2.45) is 0 Å². The van der Waals surface area contributed by atoms with Crippen LogP contribution in [-0.2, 0) is 0 Å². The zero-order valence-electron chi connectivity index (χ0n) is 11.9. The van der Waals surface area contributed by atoms with Crippen LogP contribution < -0.4 is 14.8 Å². The molecule has 0 radical (unpaired) electrons. The van der Waals surface area contributed by atoms with Crippen molar-refractivity contribution in [1.82, 2.24) is 10.2 Å². The molecule has 1 saturated heterocycles. The molecule has 0 bridgehead atoms. The second kappa shape index (κ2) is 6.93. The van der Waals surface area contributed by atoms with Gasteiger partial charge in [-0.2, -0.15) is 0 Å². The Bertz CT molecular complexity index is 513. The number of fused-ring (bicyclic) bond motifs is 1.